The van der Waals surface area contributed by atoms with Crippen LogP contribution in [0.4, 0.5) is 4.79 Å². The van der Waals surface area contributed by atoms with E-state index in [4.69, 9.17) is 0 Å². The summed E-state index contributed by atoms with van der Waals surface area (Å²) in [5.74, 6) is -0.782. The number of nitrogens with zero attached hydrogens (tertiary/aromatic N) is 1. The predicted octanol–water partition coefficient (Wildman–Crippen LogP) is 3.28. The van der Waals surface area contributed by atoms with Crippen molar-refractivity contribution in [2.24, 2.45) is 0 Å². The molecule has 0 aliphatic carbocycles. The number of amides is 4. The zero-order chi connectivity index (χ0) is 20.3. The highest BCUT2D eigenvalue weighted by molar-refractivity contribution is 8.00. The maximum atomic E-state index is 13.0. The number of imide groups is 1. The van der Waals surface area contributed by atoms with E-state index in [-0.39, 0.29) is 5.75 Å². The van der Waals surface area contributed by atoms with Crippen molar-refractivity contribution in [1.82, 2.24) is 15.8 Å². The number of urea groups is 1. The Morgan fingerprint density at radius 2 is 1.86 bits per heavy atom. The SMILES string of the molecule is CC[C@@]1(c2ccccc2)NC(=O)N(NC(=O)CSc2ccc(C)cc2C)C1=O. The molecule has 0 unspecified atom stereocenters. The lowest BCUT2D eigenvalue weighted by Gasteiger charge is -2.25. The van der Waals surface area contributed by atoms with Crippen LogP contribution in [0.15, 0.2) is 53.4 Å². The van der Waals surface area contributed by atoms with Gasteiger partial charge in [-0.25, -0.2) is 4.79 Å². The van der Waals surface area contributed by atoms with Crippen LogP contribution in [0.25, 0.3) is 0 Å². The Bertz CT molecular complexity index is 916. The van der Waals surface area contributed by atoms with Gasteiger partial charge in [0.15, 0.2) is 0 Å². The average molecular weight is 398 g/mol. The molecule has 7 heteroatoms. The maximum Gasteiger partial charge on any atom is 0.344 e. The topological polar surface area (TPSA) is 78.5 Å². The standard InChI is InChI=1S/C21H23N3O3S/c1-4-21(16-8-6-5-7-9-16)19(26)24(20(27)22-21)23-18(25)13-28-17-11-10-14(2)12-15(17)3/h5-12H,4,13H2,1-3H3,(H,22,27)(H,23,25)/t21-/m0/s1. The third-order valence-corrected chi connectivity index (χ3v) is 5.99. The maximum absolute atomic E-state index is 13.0. The number of carbonyl (C=O) groups excluding carboxylic acids is 3. The molecule has 6 nitrogen and oxygen atoms in total. The lowest BCUT2D eigenvalue weighted by Crippen LogP contribution is -2.49. The van der Waals surface area contributed by atoms with E-state index in [1.807, 2.05) is 57.2 Å². The van der Waals surface area contributed by atoms with Gasteiger partial charge in [-0.05, 0) is 37.5 Å². The average Bonchev–Trinajstić information content (AvgIpc) is 2.93. The van der Waals surface area contributed by atoms with Crippen LogP contribution in [0.5, 0.6) is 0 Å². The highest BCUT2D eigenvalue weighted by atomic mass is 32.2. The van der Waals surface area contributed by atoms with Crippen molar-refractivity contribution in [3.63, 3.8) is 0 Å². The summed E-state index contributed by atoms with van der Waals surface area (Å²) in [4.78, 5) is 38.8. The second-order valence-corrected chi connectivity index (χ2v) is 7.81. The summed E-state index contributed by atoms with van der Waals surface area (Å²) in [6, 6.07) is 14.4. The fraction of sp³-hybridized carbons (Fsp3) is 0.286. The van der Waals surface area contributed by atoms with E-state index in [1.54, 1.807) is 12.1 Å². The van der Waals surface area contributed by atoms with Gasteiger partial charge in [-0.15, -0.1) is 11.8 Å². The lowest BCUT2D eigenvalue weighted by atomic mass is 9.87. The lowest BCUT2D eigenvalue weighted by molar-refractivity contribution is -0.138. The van der Waals surface area contributed by atoms with Crippen molar-refractivity contribution in [2.45, 2.75) is 37.6 Å². The first-order valence-corrected chi connectivity index (χ1v) is 10.1. The molecule has 2 aromatic rings. The van der Waals surface area contributed by atoms with Crippen molar-refractivity contribution < 1.29 is 14.4 Å². The van der Waals surface area contributed by atoms with Gasteiger partial charge >= 0.3 is 6.03 Å². The zero-order valence-electron chi connectivity index (χ0n) is 16.1. The number of hydrogen-bond acceptors (Lipinski definition) is 4. The number of benzene rings is 2. The van der Waals surface area contributed by atoms with Crippen LogP contribution in [-0.2, 0) is 15.1 Å². The van der Waals surface area contributed by atoms with Gasteiger partial charge in [-0.2, -0.15) is 5.01 Å². The summed E-state index contributed by atoms with van der Waals surface area (Å²) in [6.45, 7) is 5.82. The van der Waals surface area contributed by atoms with E-state index in [0.29, 0.717) is 12.0 Å². The van der Waals surface area contributed by atoms with Gasteiger partial charge in [-0.1, -0.05) is 55.0 Å². The molecular weight excluding hydrogens is 374 g/mol. The highest BCUT2D eigenvalue weighted by Crippen LogP contribution is 2.31. The molecule has 0 radical (unpaired) electrons. The van der Waals surface area contributed by atoms with Gasteiger partial charge < -0.3 is 5.32 Å². The molecule has 1 fully saturated rings. The van der Waals surface area contributed by atoms with Gasteiger partial charge in [0.1, 0.15) is 5.54 Å². The van der Waals surface area contributed by atoms with Crippen LogP contribution in [0.3, 0.4) is 0 Å². The Kier molecular flexibility index (Phi) is 5.74. The quantitative estimate of drug-likeness (QED) is 0.579. The number of rotatable bonds is 6. The van der Waals surface area contributed by atoms with Gasteiger partial charge in [-0.3, -0.25) is 15.0 Å². The van der Waals surface area contributed by atoms with Crippen LogP contribution < -0.4 is 10.7 Å². The number of thioether (sulfide) groups is 1. The van der Waals surface area contributed by atoms with E-state index < -0.39 is 23.4 Å². The monoisotopic (exact) mass is 397 g/mol. The van der Waals surface area contributed by atoms with Crippen molar-refractivity contribution in [1.29, 1.82) is 0 Å². The number of nitrogens with one attached hydrogen (secondary N) is 2. The largest absolute Gasteiger partial charge is 0.344 e. The summed E-state index contributed by atoms with van der Waals surface area (Å²) in [6.07, 6.45) is 0.380. The summed E-state index contributed by atoms with van der Waals surface area (Å²) in [5.41, 5.74) is 4.22. The van der Waals surface area contributed by atoms with Gasteiger partial charge in [0.05, 0.1) is 5.75 Å². The van der Waals surface area contributed by atoms with Crippen LogP contribution >= 0.6 is 11.8 Å². The predicted molar refractivity (Wildman–Crippen MR) is 109 cm³/mol. The third kappa shape index (κ3) is 3.75. The molecule has 1 saturated heterocycles. The minimum Gasteiger partial charge on any atom is -0.318 e. The fourth-order valence-corrected chi connectivity index (χ4v) is 4.10. The Labute approximate surface area is 168 Å². The molecule has 146 valence electrons. The van der Waals surface area contributed by atoms with Gasteiger partial charge in [0, 0.05) is 4.90 Å². The summed E-state index contributed by atoms with van der Waals surface area (Å²) in [5, 5.41) is 3.54. The molecule has 1 heterocycles. The van der Waals surface area contributed by atoms with E-state index in [0.717, 1.165) is 21.0 Å². The Morgan fingerprint density at radius 3 is 2.50 bits per heavy atom. The van der Waals surface area contributed by atoms with Crippen LogP contribution in [0, 0.1) is 13.8 Å². The third-order valence-electron chi connectivity index (χ3n) is 4.81. The second kappa shape index (κ2) is 8.06. The molecule has 0 spiro atoms. The fourth-order valence-electron chi connectivity index (χ4n) is 3.30. The molecule has 0 saturated carbocycles. The zero-order valence-corrected chi connectivity index (χ0v) is 16.9. The van der Waals surface area contributed by atoms with Gasteiger partial charge in [0.25, 0.3) is 5.91 Å². The first-order valence-electron chi connectivity index (χ1n) is 9.09. The summed E-state index contributed by atoms with van der Waals surface area (Å²) < 4.78 is 0. The highest BCUT2D eigenvalue weighted by Gasteiger charge is 2.52. The molecule has 2 aromatic carbocycles. The molecule has 1 aliphatic heterocycles. The minimum absolute atomic E-state index is 0.103. The van der Waals surface area contributed by atoms with E-state index in [2.05, 4.69) is 10.7 Å². The van der Waals surface area contributed by atoms with Crippen molar-refractivity contribution >= 4 is 29.6 Å². The number of hydrazine groups is 1. The number of aryl methyl sites for hydroxylation is 2. The second-order valence-electron chi connectivity index (χ2n) is 6.79. The van der Waals surface area contributed by atoms with Crippen molar-refractivity contribution in [3.05, 3.63) is 65.2 Å². The normalized spacial score (nSPS) is 18.9. The van der Waals surface area contributed by atoms with E-state index in [9.17, 15) is 14.4 Å². The molecule has 4 amide bonds. The van der Waals surface area contributed by atoms with Crippen LogP contribution in [-0.4, -0.2) is 28.6 Å². The van der Waals surface area contributed by atoms with Crippen LogP contribution in [0.1, 0.15) is 30.0 Å². The first-order chi connectivity index (χ1) is 13.4. The van der Waals surface area contributed by atoms with E-state index in [1.165, 1.54) is 11.8 Å². The molecule has 3 rings (SSSR count). The molecular formula is C21H23N3O3S. The molecule has 0 bridgehead atoms. The Morgan fingerprint density at radius 1 is 1.14 bits per heavy atom. The van der Waals surface area contributed by atoms with Crippen molar-refractivity contribution in [3.8, 4) is 0 Å². The molecule has 1 aliphatic rings. The summed E-state index contributed by atoms with van der Waals surface area (Å²) >= 11 is 1.37. The molecule has 0 aromatic heterocycles. The van der Waals surface area contributed by atoms with E-state index >= 15 is 0 Å². The summed E-state index contributed by atoms with van der Waals surface area (Å²) in [7, 11) is 0. The molecule has 1 atom stereocenters. The first kappa shape index (κ1) is 19.9. The van der Waals surface area contributed by atoms with Crippen molar-refractivity contribution in [2.75, 3.05) is 5.75 Å². The van der Waals surface area contributed by atoms with Gasteiger partial charge in [0.2, 0.25) is 5.91 Å². The Hall–Kier alpha value is -2.80. The Balaban J connectivity index is 1.69. The van der Waals surface area contributed by atoms with Crippen LogP contribution in [0.2, 0.25) is 0 Å². The number of carbonyl (C=O) groups is 3. The smallest absolute Gasteiger partial charge is 0.318 e. The molecule has 28 heavy (non-hydrogen) atoms. The number of hydrogen-bond donors (Lipinski definition) is 2. The minimum atomic E-state index is -1.16. The molecule has 2 N–H and O–H groups in total.